The highest BCUT2D eigenvalue weighted by atomic mass is 32.1. The summed E-state index contributed by atoms with van der Waals surface area (Å²) in [6, 6.07) is 5.01. The van der Waals surface area contributed by atoms with Crippen LogP contribution in [0.15, 0.2) is 28.9 Å². The lowest BCUT2D eigenvalue weighted by Gasteiger charge is -2.22. The van der Waals surface area contributed by atoms with E-state index in [4.69, 9.17) is 9.15 Å². The Morgan fingerprint density at radius 2 is 1.93 bits per heavy atom. The van der Waals surface area contributed by atoms with Gasteiger partial charge in [0.15, 0.2) is 5.76 Å². The molecule has 2 aromatic rings. The molecule has 0 aliphatic carbocycles. The van der Waals surface area contributed by atoms with Crippen LogP contribution in [0.25, 0.3) is 0 Å². The van der Waals surface area contributed by atoms with E-state index in [-0.39, 0.29) is 29.6 Å². The van der Waals surface area contributed by atoms with Gasteiger partial charge in [0.2, 0.25) is 0 Å². The molecule has 1 aliphatic heterocycles. The van der Waals surface area contributed by atoms with E-state index in [0.29, 0.717) is 49.1 Å². The maximum absolute atomic E-state index is 13.1. The van der Waals surface area contributed by atoms with Gasteiger partial charge in [-0.25, -0.2) is 4.79 Å². The van der Waals surface area contributed by atoms with Crippen molar-refractivity contribution >= 4 is 34.2 Å². The number of nitrogens with one attached hydrogen (secondary N) is 1. The number of thiophene rings is 1. The van der Waals surface area contributed by atoms with Crippen molar-refractivity contribution in [3.05, 3.63) is 40.7 Å². The fourth-order valence-electron chi connectivity index (χ4n) is 3.11. The topological polar surface area (TPSA) is 92.1 Å². The van der Waals surface area contributed by atoms with E-state index in [0.717, 1.165) is 5.56 Å². The van der Waals surface area contributed by atoms with Crippen molar-refractivity contribution < 1.29 is 23.5 Å². The summed E-state index contributed by atoms with van der Waals surface area (Å²) in [4.78, 5) is 41.4. The minimum atomic E-state index is -0.356. The molecule has 0 radical (unpaired) electrons. The molecule has 0 unspecified atom stereocenters. The maximum Gasteiger partial charge on any atom is 0.409 e. The molecule has 1 aliphatic rings. The zero-order chi connectivity index (χ0) is 21.7. The summed E-state index contributed by atoms with van der Waals surface area (Å²) >= 11 is 1.24. The molecule has 3 heterocycles. The Kier molecular flexibility index (Phi) is 7.15. The van der Waals surface area contributed by atoms with E-state index in [1.54, 1.807) is 28.0 Å². The first-order valence-electron chi connectivity index (χ1n) is 10.0. The Morgan fingerprint density at radius 1 is 1.20 bits per heavy atom. The molecule has 2 aromatic heterocycles. The van der Waals surface area contributed by atoms with Gasteiger partial charge in [-0.05, 0) is 43.0 Å². The van der Waals surface area contributed by atoms with Gasteiger partial charge in [0.25, 0.3) is 11.8 Å². The Balaban J connectivity index is 1.60. The number of rotatable bonds is 5. The number of ether oxygens (including phenoxy) is 1. The van der Waals surface area contributed by atoms with Crippen LogP contribution in [-0.4, -0.2) is 60.5 Å². The average molecular weight is 434 g/mol. The van der Waals surface area contributed by atoms with Crippen molar-refractivity contribution in [3.8, 4) is 0 Å². The van der Waals surface area contributed by atoms with E-state index in [2.05, 4.69) is 5.32 Å². The zero-order valence-electron chi connectivity index (χ0n) is 17.5. The number of nitrogens with zero attached hydrogens (tertiary/aromatic N) is 2. The summed E-state index contributed by atoms with van der Waals surface area (Å²) in [7, 11) is 0. The standard InChI is InChI=1S/C21H27N3O5S/c1-14(2)13-29-21(27)24-8-5-7-23(9-10-24)20(26)18-15(3)12-17(30-18)22-19(25)16-6-4-11-28-16/h4,6,11-12,14H,5,7-10,13H2,1-3H3,(H,22,25). The van der Waals surface area contributed by atoms with E-state index in [1.165, 1.54) is 17.6 Å². The van der Waals surface area contributed by atoms with Gasteiger partial charge in [0, 0.05) is 26.2 Å². The molecule has 0 saturated carbocycles. The van der Waals surface area contributed by atoms with E-state index in [1.807, 2.05) is 20.8 Å². The largest absolute Gasteiger partial charge is 0.459 e. The summed E-state index contributed by atoms with van der Waals surface area (Å²) in [5, 5.41) is 3.36. The number of hydrogen-bond donors (Lipinski definition) is 1. The number of anilines is 1. The smallest absolute Gasteiger partial charge is 0.409 e. The molecular formula is C21H27N3O5S. The van der Waals surface area contributed by atoms with Crippen LogP contribution in [0.1, 0.15) is 46.1 Å². The SMILES string of the molecule is Cc1cc(NC(=O)c2ccco2)sc1C(=O)N1CCCN(C(=O)OCC(C)C)CC1. The Morgan fingerprint density at radius 3 is 2.63 bits per heavy atom. The first-order chi connectivity index (χ1) is 14.3. The van der Waals surface area contributed by atoms with E-state index < -0.39 is 0 Å². The zero-order valence-corrected chi connectivity index (χ0v) is 18.3. The number of aryl methyl sites for hydroxylation is 1. The summed E-state index contributed by atoms with van der Waals surface area (Å²) in [6.45, 7) is 8.23. The second-order valence-corrected chi connectivity index (χ2v) is 8.71. The van der Waals surface area contributed by atoms with Gasteiger partial charge in [-0.3, -0.25) is 9.59 Å². The highest BCUT2D eigenvalue weighted by Crippen LogP contribution is 2.28. The predicted molar refractivity (Wildman–Crippen MR) is 114 cm³/mol. The average Bonchev–Trinajstić information content (AvgIpc) is 3.29. The number of carbonyl (C=O) groups is 3. The van der Waals surface area contributed by atoms with Crippen molar-refractivity contribution in [2.75, 3.05) is 38.1 Å². The van der Waals surface area contributed by atoms with Crippen molar-refractivity contribution in [3.63, 3.8) is 0 Å². The highest BCUT2D eigenvalue weighted by Gasteiger charge is 2.26. The molecule has 162 valence electrons. The molecule has 1 saturated heterocycles. The van der Waals surface area contributed by atoms with Crippen LogP contribution in [0.3, 0.4) is 0 Å². The third-order valence-electron chi connectivity index (χ3n) is 4.68. The van der Waals surface area contributed by atoms with Gasteiger partial charge in [-0.1, -0.05) is 13.8 Å². The fourth-order valence-corrected chi connectivity index (χ4v) is 4.15. The first kappa shape index (κ1) is 21.9. The number of furan rings is 1. The summed E-state index contributed by atoms with van der Waals surface area (Å²) < 4.78 is 10.4. The van der Waals surface area contributed by atoms with Crippen LogP contribution in [0.5, 0.6) is 0 Å². The molecule has 30 heavy (non-hydrogen) atoms. The predicted octanol–water partition coefficient (Wildman–Crippen LogP) is 3.84. The minimum Gasteiger partial charge on any atom is -0.459 e. The summed E-state index contributed by atoms with van der Waals surface area (Å²) in [5.74, 6) is 0.0492. The molecule has 8 nitrogen and oxygen atoms in total. The van der Waals surface area contributed by atoms with E-state index >= 15 is 0 Å². The van der Waals surface area contributed by atoms with Crippen molar-refractivity contribution in [1.29, 1.82) is 0 Å². The second kappa shape index (κ2) is 9.80. The maximum atomic E-state index is 13.1. The normalized spacial score (nSPS) is 14.5. The third-order valence-corrected chi connectivity index (χ3v) is 5.82. The van der Waals surface area contributed by atoms with Gasteiger partial charge in [0.05, 0.1) is 22.7 Å². The number of carbonyl (C=O) groups excluding carboxylic acids is 3. The molecule has 3 amide bonds. The van der Waals surface area contributed by atoms with Gasteiger partial charge in [-0.2, -0.15) is 0 Å². The first-order valence-corrected chi connectivity index (χ1v) is 10.8. The van der Waals surface area contributed by atoms with Gasteiger partial charge in [-0.15, -0.1) is 11.3 Å². The molecule has 0 atom stereocenters. The molecule has 9 heteroatoms. The highest BCUT2D eigenvalue weighted by molar-refractivity contribution is 7.18. The van der Waals surface area contributed by atoms with Crippen LogP contribution in [0, 0.1) is 12.8 Å². The lowest BCUT2D eigenvalue weighted by molar-refractivity contribution is 0.0750. The van der Waals surface area contributed by atoms with E-state index in [9.17, 15) is 14.4 Å². The monoisotopic (exact) mass is 433 g/mol. The molecule has 3 rings (SSSR count). The van der Waals surface area contributed by atoms with Crippen LogP contribution < -0.4 is 5.32 Å². The Hall–Kier alpha value is -2.81. The van der Waals surface area contributed by atoms with Crippen molar-refractivity contribution in [2.24, 2.45) is 5.92 Å². The molecule has 0 spiro atoms. The summed E-state index contributed by atoms with van der Waals surface area (Å²) in [5.41, 5.74) is 0.803. The van der Waals surface area contributed by atoms with Gasteiger partial charge < -0.3 is 24.3 Å². The van der Waals surface area contributed by atoms with Crippen LogP contribution >= 0.6 is 11.3 Å². The third kappa shape index (κ3) is 5.41. The number of amides is 3. The second-order valence-electron chi connectivity index (χ2n) is 7.66. The Labute approximate surface area is 179 Å². The lowest BCUT2D eigenvalue weighted by atomic mass is 10.2. The molecule has 0 bridgehead atoms. The van der Waals surface area contributed by atoms with Crippen molar-refractivity contribution in [1.82, 2.24) is 9.80 Å². The molecule has 0 aromatic carbocycles. The molecule has 1 N–H and O–H groups in total. The fraction of sp³-hybridized carbons (Fsp3) is 0.476. The lowest BCUT2D eigenvalue weighted by Crippen LogP contribution is -2.37. The van der Waals surface area contributed by atoms with Crippen LogP contribution in [0.4, 0.5) is 9.80 Å². The quantitative estimate of drug-likeness (QED) is 0.773. The van der Waals surface area contributed by atoms with Crippen LogP contribution in [-0.2, 0) is 4.74 Å². The number of hydrogen-bond acceptors (Lipinski definition) is 6. The van der Waals surface area contributed by atoms with Gasteiger partial charge in [0.1, 0.15) is 0 Å². The molecular weight excluding hydrogens is 406 g/mol. The Bertz CT molecular complexity index is 891. The van der Waals surface area contributed by atoms with Crippen molar-refractivity contribution in [2.45, 2.75) is 27.2 Å². The molecule has 1 fully saturated rings. The summed E-state index contributed by atoms with van der Waals surface area (Å²) in [6.07, 6.45) is 1.80. The van der Waals surface area contributed by atoms with Crippen LogP contribution in [0.2, 0.25) is 0 Å². The minimum absolute atomic E-state index is 0.0894. The van der Waals surface area contributed by atoms with Gasteiger partial charge >= 0.3 is 6.09 Å².